The molecule has 20 heavy (non-hydrogen) atoms. The molecule has 1 N–H and O–H groups in total. The molecule has 0 spiro atoms. The number of anilines is 1. The summed E-state index contributed by atoms with van der Waals surface area (Å²) in [5.74, 6) is 2.05. The van der Waals surface area contributed by atoms with Crippen LogP contribution in [0.4, 0.5) is 5.82 Å². The van der Waals surface area contributed by atoms with Gasteiger partial charge in [0, 0.05) is 25.3 Å². The summed E-state index contributed by atoms with van der Waals surface area (Å²) in [4.78, 5) is 7.19. The normalized spacial score (nSPS) is 15.2. The Morgan fingerprint density at radius 2 is 2.10 bits per heavy atom. The lowest BCUT2D eigenvalue weighted by molar-refractivity contribution is 0.318. The van der Waals surface area contributed by atoms with Crippen LogP contribution in [0.3, 0.4) is 0 Å². The molecule has 1 aliphatic carbocycles. The van der Waals surface area contributed by atoms with E-state index >= 15 is 0 Å². The number of pyridine rings is 1. The van der Waals surface area contributed by atoms with Crippen LogP contribution in [0.1, 0.15) is 50.8 Å². The highest BCUT2D eigenvalue weighted by molar-refractivity contribution is 5.42. The van der Waals surface area contributed by atoms with E-state index in [0.29, 0.717) is 0 Å². The molecular weight excluding hydrogens is 246 g/mol. The summed E-state index contributed by atoms with van der Waals surface area (Å²) in [6, 6.07) is 4.46. The van der Waals surface area contributed by atoms with Crippen LogP contribution in [0.25, 0.3) is 0 Å². The van der Waals surface area contributed by atoms with Gasteiger partial charge in [0.15, 0.2) is 0 Å². The third-order valence-electron chi connectivity index (χ3n) is 4.16. The van der Waals surface area contributed by atoms with Gasteiger partial charge in [-0.2, -0.15) is 0 Å². The van der Waals surface area contributed by atoms with Crippen molar-refractivity contribution in [3.63, 3.8) is 0 Å². The van der Waals surface area contributed by atoms with E-state index in [1.54, 1.807) is 0 Å². The molecule has 1 heterocycles. The topological polar surface area (TPSA) is 28.2 Å². The first kappa shape index (κ1) is 15.3. The van der Waals surface area contributed by atoms with E-state index in [9.17, 15) is 0 Å². The fraction of sp³-hybridized carbons (Fsp3) is 0.706. The fourth-order valence-electron chi connectivity index (χ4n) is 2.77. The number of aryl methyl sites for hydroxylation is 1. The van der Waals surface area contributed by atoms with E-state index in [0.717, 1.165) is 37.1 Å². The molecule has 0 unspecified atom stereocenters. The molecule has 0 aromatic carbocycles. The number of nitrogens with one attached hydrogen (secondary N) is 1. The molecule has 0 atom stereocenters. The van der Waals surface area contributed by atoms with Gasteiger partial charge < -0.3 is 10.2 Å². The highest BCUT2D eigenvalue weighted by Crippen LogP contribution is 2.28. The summed E-state index contributed by atoms with van der Waals surface area (Å²) in [6.07, 6.45) is 5.38. The lowest BCUT2D eigenvalue weighted by atomic mass is 9.85. The number of hydrogen-bond acceptors (Lipinski definition) is 3. The van der Waals surface area contributed by atoms with Crippen molar-refractivity contribution in [3.05, 3.63) is 23.4 Å². The van der Waals surface area contributed by atoms with Crippen LogP contribution in [0.5, 0.6) is 0 Å². The van der Waals surface area contributed by atoms with Gasteiger partial charge in [0.2, 0.25) is 0 Å². The molecule has 1 fully saturated rings. The maximum Gasteiger partial charge on any atom is 0.129 e. The lowest BCUT2D eigenvalue weighted by Crippen LogP contribution is -2.33. The third kappa shape index (κ3) is 4.20. The van der Waals surface area contributed by atoms with Gasteiger partial charge in [-0.3, -0.25) is 0 Å². The Kier molecular flexibility index (Phi) is 5.84. The zero-order valence-corrected chi connectivity index (χ0v) is 13.3. The number of nitrogens with zero attached hydrogens (tertiary/aromatic N) is 2. The van der Waals surface area contributed by atoms with Crippen molar-refractivity contribution in [1.82, 2.24) is 10.3 Å². The molecule has 112 valence electrons. The van der Waals surface area contributed by atoms with E-state index in [4.69, 9.17) is 4.98 Å². The molecule has 2 rings (SSSR count). The third-order valence-corrected chi connectivity index (χ3v) is 4.16. The van der Waals surface area contributed by atoms with E-state index < -0.39 is 0 Å². The molecule has 1 aliphatic rings. The van der Waals surface area contributed by atoms with Crippen LogP contribution in [-0.4, -0.2) is 24.6 Å². The minimum atomic E-state index is 0.888. The SMILES string of the molecule is CCCNCc1cc(C)nc(N(CC)CC2CCC2)c1. The van der Waals surface area contributed by atoms with Gasteiger partial charge in [-0.15, -0.1) is 0 Å². The van der Waals surface area contributed by atoms with E-state index in [1.165, 1.54) is 37.8 Å². The number of hydrogen-bond donors (Lipinski definition) is 1. The Morgan fingerprint density at radius 1 is 1.30 bits per heavy atom. The Hall–Kier alpha value is -1.09. The Morgan fingerprint density at radius 3 is 2.70 bits per heavy atom. The molecule has 0 aliphatic heterocycles. The first-order chi connectivity index (χ1) is 9.72. The first-order valence-corrected chi connectivity index (χ1v) is 8.16. The second kappa shape index (κ2) is 7.63. The fourth-order valence-corrected chi connectivity index (χ4v) is 2.77. The summed E-state index contributed by atoms with van der Waals surface area (Å²) < 4.78 is 0. The molecule has 0 bridgehead atoms. The summed E-state index contributed by atoms with van der Waals surface area (Å²) in [7, 11) is 0. The van der Waals surface area contributed by atoms with Crippen molar-refractivity contribution < 1.29 is 0 Å². The van der Waals surface area contributed by atoms with Gasteiger partial charge in [-0.25, -0.2) is 4.98 Å². The highest BCUT2D eigenvalue weighted by Gasteiger charge is 2.21. The van der Waals surface area contributed by atoms with E-state index in [1.807, 2.05) is 0 Å². The summed E-state index contributed by atoms with van der Waals surface area (Å²) >= 11 is 0. The predicted octanol–water partition coefficient (Wildman–Crippen LogP) is 3.52. The van der Waals surface area contributed by atoms with E-state index in [2.05, 4.69) is 43.1 Å². The van der Waals surface area contributed by atoms with Crippen LogP contribution in [0, 0.1) is 12.8 Å². The zero-order chi connectivity index (χ0) is 14.4. The number of rotatable bonds is 8. The molecule has 0 saturated heterocycles. The van der Waals surface area contributed by atoms with Gasteiger partial charge in [0.1, 0.15) is 5.82 Å². The Labute approximate surface area is 123 Å². The Balaban J connectivity index is 2.03. The molecule has 1 aromatic rings. The van der Waals surface area contributed by atoms with Gasteiger partial charge in [-0.1, -0.05) is 13.3 Å². The van der Waals surface area contributed by atoms with Crippen molar-refractivity contribution in [2.24, 2.45) is 5.92 Å². The zero-order valence-electron chi connectivity index (χ0n) is 13.3. The lowest BCUT2D eigenvalue weighted by Gasteiger charge is -2.32. The maximum absolute atomic E-state index is 4.74. The number of aromatic nitrogens is 1. The van der Waals surface area contributed by atoms with Crippen LogP contribution in [-0.2, 0) is 6.54 Å². The summed E-state index contributed by atoms with van der Waals surface area (Å²) in [5.41, 5.74) is 2.48. The molecule has 1 saturated carbocycles. The van der Waals surface area contributed by atoms with Gasteiger partial charge in [0.25, 0.3) is 0 Å². The second-order valence-electron chi connectivity index (χ2n) is 5.99. The standard InChI is InChI=1S/C17H29N3/c1-4-9-18-12-16-10-14(3)19-17(11-16)20(5-2)13-15-7-6-8-15/h10-11,15,18H,4-9,12-13H2,1-3H3. The Bertz CT molecular complexity index is 413. The highest BCUT2D eigenvalue weighted by atomic mass is 15.2. The van der Waals surface area contributed by atoms with Gasteiger partial charge in [-0.05, 0) is 63.3 Å². The average Bonchev–Trinajstić information content (AvgIpc) is 2.37. The molecule has 1 aromatic heterocycles. The molecule has 0 amide bonds. The second-order valence-corrected chi connectivity index (χ2v) is 5.99. The molecular formula is C17H29N3. The largest absolute Gasteiger partial charge is 0.357 e. The van der Waals surface area contributed by atoms with Crippen molar-refractivity contribution in [2.45, 2.75) is 53.0 Å². The van der Waals surface area contributed by atoms with Crippen LogP contribution in [0.15, 0.2) is 12.1 Å². The molecule has 3 nitrogen and oxygen atoms in total. The van der Waals surface area contributed by atoms with Crippen LogP contribution in [0.2, 0.25) is 0 Å². The monoisotopic (exact) mass is 275 g/mol. The molecule has 3 heteroatoms. The predicted molar refractivity (Wildman–Crippen MR) is 86.2 cm³/mol. The summed E-state index contributed by atoms with van der Waals surface area (Å²) in [6.45, 7) is 10.8. The molecule has 0 radical (unpaired) electrons. The maximum atomic E-state index is 4.74. The van der Waals surface area contributed by atoms with Crippen molar-refractivity contribution in [1.29, 1.82) is 0 Å². The van der Waals surface area contributed by atoms with Gasteiger partial charge in [0.05, 0.1) is 0 Å². The quantitative estimate of drug-likeness (QED) is 0.736. The summed E-state index contributed by atoms with van der Waals surface area (Å²) in [5, 5.41) is 3.48. The smallest absolute Gasteiger partial charge is 0.129 e. The van der Waals surface area contributed by atoms with Crippen molar-refractivity contribution >= 4 is 5.82 Å². The van der Waals surface area contributed by atoms with Crippen molar-refractivity contribution in [2.75, 3.05) is 24.5 Å². The first-order valence-electron chi connectivity index (χ1n) is 8.16. The van der Waals surface area contributed by atoms with Crippen LogP contribution >= 0.6 is 0 Å². The average molecular weight is 275 g/mol. The van der Waals surface area contributed by atoms with Crippen molar-refractivity contribution in [3.8, 4) is 0 Å². The van der Waals surface area contributed by atoms with E-state index in [-0.39, 0.29) is 0 Å². The van der Waals surface area contributed by atoms with Gasteiger partial charge >= 0.3 is 0 Å². The van der Waals surface area contributed by atoms with Crippen LogP contribution < -0.4 is 10.2 Å². The minimum absolute atomic E-state index is 0.888. The minimum Gasteiger partial charge on any atom is -0.357 e.